The number of sulfonamides is 2. The molecular formula is C24H25N3O5S2. The zero-order valence-electron chi connectivity index (χ0n) is 18.5. The second-order valence-electron chi connectivity index (χ2n) is 7.98. The van der Waals surface area contributed by atoms with E-state index in [1.165, 1.54) is 28.6 Å². The molecule has 1 fully saturated rings. The number of carbonyl (C=O) groups is 1. The van der Waals surface area contributed by atoms with Crippen LogP contribution in [0.15, 0.2) is 94.7 Å². The first-order valence-corrected chi connectivity index (χ1v) is 13.6. The summed E-state index contributed by atoms with van der Waals surface area (Å²) in [5.41, 5.74) is 1.42. The molecule has 1 aliphatic heterocycles. The molecule has 3 aromatic carbocycles. The van der Waals surface area contributed by atoms with Gasteiger partial charge in [0, 0.05) is 25.3 Å². The van der Waals surface area contributed by atoms with Crippen molar-refractivity contribution in [1.82, 2.24) is 8.61 Å². The van der Waals surface area contributed by atoms with Crippen LogP contribution in [0.4, 0.5) is 5.69 Å². The first kappa shape index (κ1) is 24.1. The molecule has 1 aliphatic rings. The van der Waals surface area contributed by atoms with Crippen molar-refractivity contribution in [2.24, 2.45) is 0 Å². The molecule has 0 radical (unpaired) electrons. The summed E-state index contributed by atoms with van der Waals surface area (Å²) in [7, 11) is -7.95. The Balaban J connectivity index is 1.69. The van der Waals surface area contributed by atoms with Gasteiger partial charge in [0.15, 0.2) is 0 Å². The first-order valence-electron chi connectivity index (χ1n) is 10.7. The van der Waals surface area contributed by atoms with Crippen molar-refractivity contribution in [2.45, 2.75) is 22.8 Å². The molecular weight excluding hydrogens is 474 g/mol. The van der Waals surface area contributed by atoms with Gasteiger partial charge in [0.25, 0.3) is 0 Å². The van der Waals surface area contributed by atoms with Crippen LogP contribution in [0.25, 0.3) is 0 Å². The summed E-state index contributed by atoms with van der Waals surface area (Å²) in [5, 5.41) is 2.75. The molecule has 1 saturated heterocycles. The van der Waals surface area contributed by atoms with Crippen molar-refractivity contribution in [3.8, 4) is 0 Å². The number of aryl methyl sites for hydroxylation is 1. The lowest BCUT2D eigenvalue weighted by Crippen LogP contribution is -2.60. The Morgan fingerprint density at radius 3 is 1.97 bits per heavy atom. The normalized spacial score (nSPS) is 17.9. The molecule has 0 bridgehead atoms. The number of anilines is 1. The highest BCUT2D eigenvalue weighted by Crippen LogP contribution is 2.26. The molecule has 1 amide bonds. The van der Waals surface area contributed by atoms with Gasteiger partial charge < -0.3 is 5.32 Å². The lowest BCUT2D eigenvalue weighted by atomic mass is 10.2. The summed E-state index contributed by atoms with van der Waals surface area (Å²) in [6, 6.07) is 21.6. The van der Waals surface area contributed by atoms with Crippen LogP contribution in [0, 0.1) is 6.92 Å². The topological polar surface area (TPSA) is 104 Å². The standard InChI is InChI=1S/C24H25N3O5S2/c1-19-9-8-10-20(17-19)25-24(28)23-18-26(33(29,30)21-11-4-2-5-12-21)15-16-27(23)34(31,32)22-13-6-3-7-14-22/h2-14,17,23H,15-16,18H2,1H3,(H,25,28)/t23-/m1/s1. The van der Waals surface area contributed by atoms with Gasteiger partial charge >= 0.3 is 0 Å². The van der Waals surface area contributed by atoms with Crippen LogP contribution < -0.4 is 5.32 Å². The van der Waals surface area contributed by atoms with E-state index >= 15 is 0 Å². The number of carbonyl (C=O) groups excluding carboxylic acids is 1. The van der Waals surface area contributed by atoms with E-state index in [0.29, 0.717) is 5.69 Å². The summed E-state index contributed by atoms with van der Waals surface area (Å²) in [4.78, 5) is 13.5. The maximum Gasteiger partial charge on any atom is 0.244 e. The van der Waals surface area contributed by atoms with Gasteiger partial charge in [0.05, 0.1) is 9.79 Å². The van der Waals surface area contributed by atoms with E-state index in [0.717, 1.165) is 9.87 Å². The highest BCUT2D eigenvalue weighted by Gasteiger charge is 2.43. The molecule has 34 heavy (non-hydrogen) atoms. The van der Waals surface area contributed by atoms with E-state index < -0.39 is 32.0 Å². The minimum atomic E-state index is -4.04. The minimum Gasteiger partial charge on any atom is -0.325 e. The maximum atomic E-state index is 13.4. The lowest BCUT2D eigenvalue weighted by Gasteiger charge is -2.38. The number of benzene rings is 3. The fourth-order valence-corrected chi connectivity index (χ4v) is 6.93. The maximum absolute atomic E-state index is 13.4. The Morgan fingerprint density at radius 1 is 0.794 bits per heavy atom. The molecule has 0 saturated carbocycles. The summed E-state index contributed by atoms with van der Waals surface area (Å²) < 4.78 is 55.5. The Hall–Kier alpha value is -3.05. The molecule has 0 aliphatic carbocycles. The summed E-state index contributed by atoms with van der Waals surface area (Å²) in [6.45, 7) is 1.34. The van der Waals surface area contributed by atoms with Gasteiger partial charge in [-0.05, 0) is 48.9 Å². The quantitative estimate of drug-likeness (QED) is 0.562. The average molecular weight is 500 g/mol. The van der Waals surface area contributed by atoms with Crippen molar-refractivity contribution in [1.29, 1.82) is 0 Å². The molecule has 0 spiro atoms. The predicted octanol–water partition coefficient (Wildman–Crippen LogP) is 2.70. The zero-order chi connectivity index (χ0) is 24.3. The number of nitrogens with one attached hydrogen (secondary N) is 1. The molecule has 0 aromatic heterocycles. The van der Waals surface area contributed by atoms with Gasteiger partial charge in [-0.1, -0.05) is 48.5 Å². The van der Waals surface area contributed by atoms with Crippen molar-refractivity contribution < 1.29 is 21.6 Å². The van der Waals surface area contributed by atoms with Gasteiger partial charge in [0.2, 0.25) is 26.0 Å². The second-order valence-corrected chi connectivity index (χ2v) is 11.8. The number of hydrogen-bond acceptors (Lipinski definition) is 5. The fraction of sp³-hybridized carbons (Fsp3) is 0.208. The third kappa shape index (κ3) is 4.90. The monoisotopic (exact) mass is 499 g/mol. The van der Waals surface area contributed by atoms with Crippen molar-refractivity contribution >= 4 is 31.6 Å². The van der Waals surface area contributed by atoms with Crippen LogP contribution in [-0.2, 0) is 24.8 Å². The van der Waals surface area contributed by atoms with E-state index in [2.05, 4.69) is 5.32 Å². The van der Waals surface area contributed by atoms with E-state index in [9.17, 15) is 21.6 Å². The molecule has 1 atom stereocenters. The predicted molar refractivity (Wildman–Crippen MR) is 129 cm³/mol. The third-order valence-electron chi connectivity index (χ3n) is 5.61. The van der Waals surface area contributed by atoms with Gasteiger partial charge in [-0.3, -0.25) is 4.79 Å². The number of hydrogen-bond donors (Lipinski definition) is 1. The van der Waals surface area contributed by atoms with E-state index in [1.54, 1.807) is 54.6 Å². The van der Waals surface area contributed by atoms with Crippen LogP contribution in [0.2, 0.25) is 0 Å². The smallest absolute Gasteiger partial charge is 0.244 e. The second kappa shape index (κ2) is 9.67. The van der Waals surface area contributed by atoms with Crippen LogP contribution in [0.1, 0.15) is 5.56 Å². The summed E-state index contributed by atoms with van der Waals surface area (Å²) in [5.74, 6) is -0.599. The number of rotatable bonds is 6. The lowest BCUT2D eigenvalue weighted by molar-refractivity contribution is -0.120. The van der Waals surface area contributed by atoms with Gasteiger partial charge in [0.1, 0.15) is 6.04 Å². The van der Waals surface area contributed by atoms with Crippen LogP contribution in [0.5, 0.6) is 0 Å². The molecule has 3 aromatic rings. The largest absolute Gasteiger partial charge is 0.325 e. The van der Waals surface area contributed by atoms with E-state index in [-0.39, 0.29) is 29.4 Å². The average Bonchev–Trinajstić information content (AvgIpc) is 2.84. The number of nitrogens with zero attached hydrogens (tertiary/aromatic N) is 2. The molecule has 10 heteroatoms. The Kier molecular flexibility index (Phi) is 6.85. The molecule has 1 N–H and O–H groups in total. The molecule has 1 heterocycles. The van der Waals surface area contributed by atoms with Gasteiger partial charge in [-0.25, -0.2) is 16.8 Å². The van der Waals surface area contributed by atoms with E-state index in [1.807, 2.05) is 13.0 Å². The summed E-state index contributed by atoms with van der Waals surface area (Å²) in [6.07, 6.45) is 0. The highest BCUT2D eigenvalue weighted by atomic mass is 32.2. The molecule has 8 nitrogen and oxygen atoms in total. The fourth-order valence-electron chi connectivity index (χ4n) is 3.88. The van der Waals surface area contributed by atoms with Crippen LogP contribution in [0.3, 0.4) is 0 Å². The molecule has 178 valence electrons. The first-order chi connectivity index (χ1) is 16.2. The molecule has 4 rings (SSSR count). The van der Waals surface area contributed by atoms with Gasteiger partial charge in [-0.2, -0.15) is 8.61 Å². The molecule has 0 unspecified atom stereocenters. The van der Waals surface area contributed by atoms with Crippen molar-refractivity contribution in [3.63, 3.8) is 0 Å². The third-order valence-corrected chi connectivity index (χ3v) is 9.41. The van der Waals surface area contributed by atoms with Crippen molar-refractivity contribution in [3.05, 3.63) is 90.5 Å². The summed E-state index contributed by atoms with van der Waals surface area (Å²) >= 11 is 0. The minimum absolute atomic E-state index is 0.0442. The van der Waals surface area contributed by atoms with Gasteiger partial charge in [-0.15, -0.1) is 0 Å². The SMILES string of the molecule is Cc1cccc(NC(=O)[C@H]2CN(S(=O)(=O)c3ccccc3)CCN2S(=O)(=O)c2ccccc2)c1. The van der Waals surface area contributed by atoms with Crippen molar-refractivity contribution in [2.75, 3.05) is 25.0 Å². The van der Waals surface area contributed by atoms with Crippen LogP contribution >= 0.6 is 0 Å². The Bertz CT molecular complexity index is 1380. The number of piperazine rings is 1. The number of amides is 1. The van der Waals surface area contributed by atoms with E-state index in [4.69, 9.17) is 0 Å². The highest BCUT2D eigenvalue weighted by molar-refractivity contribution is 7.89. The zero-order valence-corrected chi connectivity index (χ0v) is 20.2. The Labute approximate surface area is 199 Å². The van der Waals surface area contributed by atoms with Crippen LogP contribution in [-0.4, -0.2) is 57.0 Å². The Morgan fingerprint density at radius 2 is 1.38 bits per heavy atom.